The van der Waals surface area contributed by atoms with Crippen molar-refractivity contribution in [2.24, 2.45) is 5.73 Å². The third-order valence-electron chi connectivity index (χ3n) is 4.89. The number of aromatic nitrogens is 2. The first-order valence-corrected chi connectivity index (χ1v) is 11.5. The summed E-state index contributed by atoms with van der Waals surface area (Å²) >= 11 is 0. The third-order valence-corrected chi connectivity index (χ3v) is 6.26. The average Bonchev–Trinajstić information content (AvgIpc) is 3.05. The molecular weight excluding hydrogens is 429 g/mol. The Bertz CT molecular complexity index is 1240. The summed E-state index contributed by atoms with van der Waals surface area (Å²) in [4.78, 5) is 0.131. The number of nitrogen functional groups attached to an aromatic ring is 1. The highest BCUT2D eigenvalue weighted by Crippen LogP contribution is 2.28. The average molecular weight is 458 g/mol. The van der Waals surface area contributed by atoms with Crippen molar-refractivity contribution in [1.82, 2.24) is 9.78 Å². The number of nitrogens with two attached hydrogens (primary N) is 2. The Morgan fingerprint density at radius 3 is 2.41 bits per heavy atom. The van der Waals surface area contributed by atoms with E-state index in [0.717, 1.165) is 11.6 Å². The first kappa shape index (κ1) is 23.5. The lowest BCUT2D eigenvalue weighted by Crippen LogP contribution is -2.17. The minimum absolute atomic E-state index is 0.0925. The van der Waals surface area contributed by atoms with Crippen LogP contribution in [0.2, 0.25) is 0 Å². The largest absolute Gasteiger partial charge is 0.398 e. The molecule has 0 bridgehead atoms. The molecule has 1 aromatic heterocycles. The molecule has 0 aliphatic carbocycles. The lowest BCUT2D eigenvalue weighted by atomic mass is 9.87. The molecule has 0 radical (unpaired) electrons. The topological polar surface area (TPSA) is 116 Å². The summed E-state index contributed by atoms with van der Waals surface area (Å²) < 4.78 is 43.3. The van der Waals surface area contributed by atoms with Gasteiger partial charge in [0.15, 0.2) is 6.30 Å². The van der Waals surface area contributed by atoms with Crippen LogP contribution in [0.5, 0.6) is 0 Å². The van der Waals surface area contributed by atoms with Crippen molar-refractivity contribution < 1.29 is 12.8 Å². The van der Waals surface area contributed by atoms with Crippen LogP contribution in [-0.4, -0.2) is 24.5 Å². The maximum atomic E-state index is 13.2. The van der Waals surface area contributed by atoms with Gasteiger partial charge < -0.3 is 5.73 Å². The number of alkyl halides is 1. The summed E-state index contributed by atoms with van der Waals surface area (Å²) in [5, 5.41) is 4.41. The molecule has 0 spiro atoms. The summed E-state index contributed by atoms with van der Waals surface area (Å²) in [5.74, 6) is 0.229. The number of sulfonamides is 1. The summed E-state index contributed by atoms with van der Waals surface area (Å²) in [7, 11) is -3.88. The SMILES string of the molecule is Cc1cc(NS(=O)(=O)c2ccc(C(C)(C)C)cc2)n(-c2cccc(N)c2C=CC(N)F)n1. The van der Waals surface area contributed by atoms with Crippen molar-refractivity contribution in [3.8, 4) is 5.69 Å². The first-order chi connectivity index (χ1) is 14.9. The molecule has 0 saturated heterocycles. The van der Waals surface area contributed by atoms with Gasteiger partial charge in [0.05, 0.1) is 16.3 Å². The zero-order chi connectivity index (χ0) is 23.7. The predicted octanol–water partition coefficient (Wildman–Crippen LogP) is 4.13. The Kier molecular flexibility index (Phi) is 6.43. The molecule has 32 heavy (non-hydrogen) atoms. The maximum absolute atomic E-state index is 13.2. The van der Waals surface area contributed by atoms with Gasteiger partial charge in [-0.2, -0.15) is 5.10 Å². The minimum atomic E-state index is -3.88. The van der Waals surface area contributed by atoms with E-state index < -0.39 is 16.3 Å². The van der Waals surface area contributed by atoms with Gasteiger partial charge in [0, 0.05) is 17.3 Å². The standard InChI is InChI=1S/C23H28FN5O2S/c1-15-14-22(28-32(30,31)17-10-8-16(9-11-17)23(2,3)4)29(27-15)20-7-5-6-19(25)18(20)12-13-21(24)26/h5-14,21,28H,25-26H2,1-4H3. The van der Waals surface area contributed by atoms with Gasteiger partial charge >= 0.3 is 0 Å². The highest BCUT2D eigenvalue weighted by molar-refractivity contribution is 7.92. The fraction of sp³-hybridized carbons (Fsp3) is 0.261. The molecule has 1 atom stereocenters. The van der Waals surface area contributed by atoms with Crippen molar-refractivity contribution in [2.45, 2.75) is 44.3 Å². The molecule has 0 saturated carbocycles. The fourth-order valence-corrected chi connectivity index (χ4v) is 4.24. The lowest BCUT2D eigenvalue weighted by Gasteiger charge is -2.19. The molecule has 3 rings (SSSR count). The Labute approximate surface area is 188 Å². The molecular formula is C23H28FN5O2S. The van der Waals surface area contributed by atoms with Crippen LogP contribution in [0.3, 0.4) is 0 Å². The van der Waals surface area contributed by atoms with Crippen LogP contribution >= 0.6 is 0 Å². The van der Waals surface area contributed by atoms with Gasteiger partial charge in [-0.1, -0.05) is 45.0 Å². The van der Waals surface area contributed by atoms with E-state index in [4.69, 9.17) is 11.5 Å². The normalized spacial score (nSPS) is 13.4. The summed E-state index contributed by atoms with van der Waals surface area (Å²) in [5.41, 5.74) is 14.1. The smallest absolute Gasteiger partial charge is 0.263 e. The van der Waals surface area contributed by atoms with Gasteiger partial charge in [0.1, 0.15) is 5.82 Å². The van der Waals surface area contributed by atoms with Crippen molar-refractivity contribution in [3.63, 3.8) is 0 Å². The number of halogens is 1. The monoisotopic (exact) mass is 457 g/mol. The zero-order valence-corrected chi connectivity index (χ0v) is 19.3. The summed E-state index contributed by atoms with van der Waals surface area (Å²) in [6.45, 7) is 7.92. The Hall–Kier alpha value is -3.17. The summed E-state index contributed by atoms with van der Waals surface area (Å²) in [6, 6.07) is 13.4. The molecule has 1 unspecified atom stereocenters. The third kappa shape index (κ3) is 5.17. The van der Waals surface area contributed by atoms with Gasteiger partial charge in [-0.3, -0.25) is 10.5 Å². The summed E-state index contributed by atoms with van der Waals surface area (Å²) in [6.07, 6.45) is 0.957. The van der Waals surface area contributed by atoms with Gasteiger partial charge in [-0.15, -0.1) is 0 Å². The quantitative estimate of drug-likeness (QED) is 0.380. The van der Waals surface area contributed by atoms with Crippen molar-refractivity contribution in [3.05, 3.63) is 71.4 Å². The van der Waals surface area contributed by atoms with Crippen LogP contribution in [0.25, 0.3) is 11.8 Å². The molecule has 170 valence electrons. The van der Waals surface area contributed by atoms with E-state index in [1.807, 2.05) is 0 Å². The predicted molar refractivity (Wildman–Crippen MR) is 127 cm³/mol. The van der Waals surface area contributed by atoms with Crippen LogP contribution in [0.15, 0.2) is 59.5 Å². The molecule has 0 aliphatic heterocycles. The van der Waals surface area contributed by atoms with Crippen molar-refractivity contribution in [1.29, 1.82) is 0 Å². The fourth-order valence-electron chi connectivity index (χ4n) is 3.21. The number of anilines is 2. The highest BCUT2D eigenvalue weighted by atomic mass is 32.2. The zero-order valence-electron chi connectivity index (χ0n) is 18.5. The van der Waals surface area contributed by atoms with E-state index >= 15 is 0 Å². The second-order valence-corrected chi connectivity index (χ2v) is 10.2. The van der Waals surface area contributed by atoms with Crippen LogP contribution in [-0.2, 0) is 15.4 Å². The van der Waals surface area contributed by atoms with Gasteiger partial charge in [-0.25, -0.2) is 17.5 Å². The number of hydrogen-bond acceptors (Lipinski definition) is 5. The number of aryl methyl sites for hydroxylation is 1. The van der Waals surface area contributed by atoms with E-state index in [0.29, 0.717) is 22.6 Å². The molecule has 5 N–H and O–H groups in total. The molecule has 1 heterocycles. The Morgan fingerprint density at radius 1 is 1.16 bits per heavy atom. The number of nitrogens with zero attached hydrogens (tertiary/aromatic N) is 2. The van der Waals surface area contributed by atoms with Gasteiger partial charge in [0.2, 0.25) is 0 Å². The second kappa shape index (κ2) is 8.76. The van der Waals surface area contributed by atoms with E-state index in [-0.39, 0.29) is 16.1 Å². The number of nitrogens with one attached hydrogen (secondary N) is 1. The molecule has 0 aliphatic rings. The number of hydrogen-bond donors (Lipinski definition) is 3. The van der Waals surface area contributed by atoms with Gasteiger partial charge in [-0.05, 0) is 48.2 Å². The van der Waals surface area contributed by atoms with Crippen LogP contribution in [0.1, 0.15) is 37.6 Å². The molecule has 3 aromatic rings. The molecule has 7 nitrogen and oxygen atoms in total. The maximum Gasteiger partial charge on any atom is 0.263 e. The van der Waals surface area contributed by atoms with E-state index in [9.17, 15) is 12.8 Å². The molecule has 0 fully saturated rings. The molecule has 9 heteroatoms. The second-order valence-electron chi connectivity index (χ2n) is 8.55. The van der Waals surface area contributed by atoms with Crippen LogP contribution in [0, 0.1) is 6.92 Å². The lowest BCUT2D eigenvalue weighted by molar-refractivity contribution is 0.414. The van der Waals surface area contributed by atoms with Crippen LogP contribution in [0.4, 0.5) is 15.9 Å². The van der Waals surface area contributed by atoms with Crippen molar-refractivity contribution >= 4 is 27.6 Å². The number of benzene rings is 2. The Morgan fingerprint density at radius 2 is 1.81 bits per heavy atom. The molecule has 0 amide bonds. The highest BCUT2D eigenvalue weighted by Gasteiger charge is 2.21. The van der Waals surface area contributed by atoms with E-state index in [1.165, 1.54) is 10.8 Å². The first-order valence-electron chi connectivity index (χ1n) is 10.1. The van der Waals surface area contributed by atoms with E-state index in [1.54, 1.807) is 55.5 Å². The minimum Gasteiger partial charge on any atom is -0.398 e. The van der Waals surface area contributed by atoms with E-state index in [2.05, 4.69) is 30.6 Å². The van der Waals surface area contributed by atoms with Gasteiger partial charge in [0.25, 0.3) is 10.0 Å². The van der Waals surface area contributed by atoms with Crippen LogP contribution < -0.4 is 16.2 Å². The Balaban J connectivity index is 2.02. The molecule has 2 aromatic carbocycles. The van der Waals surface area contributed by atoms with Crippen molar-refractivity contribution in [2.75, 3.05) is 10.5 Å². The number of rotatable bonds is 6.